The van der Waals surface area contributed by atoms with Crippen LogP contribution in [0.1, 0.15) is 31.7 Å². The van der Waals surface area contributed by atoms with Gasteiger partial charge < -0.3 is 9.80 Å². The molecule has 2 heterocycles. The molecular weight excluding hydrogens is 336 g/mol. The smallest absolute Gasteiger partial charge is 0.325 e. The molecule has 1 aromatic carbocycles. The summed E-state index contributed by atoms with van der Waals surface area (Å²) < 4.78 is 0. The highest BCUT2D eigenvalue weighted by Gasteiger charge is 2.48. The Morgan fingerprint density at radius 1 is 1.20 bits per heavy atom. The summed E-state index contributed by atoms with van der Waals surface area (Å²) in [4.78, 5) is 32.6. The Balaban J connectivity index is 1.77. The average molecular weight is 360 g/mol. The summed E-state index contributed by atoms with van der Waals surface area (Å²) >= 11 is 1.63. The van der Waals surface area contributed by atoms with Crippen molar-refractivity contribution in [3.8, 4) is 0 Å². The molecule has 1 aromatic rings. The van der Waals surface area contributed by atoms with Gasteiger partial charge >= 0.3 is 6.03 Å². The topological polar surface area (TPSA) is 65.0 Å². The Kier molecular flexibility index (Phi) is 5.63. The first kappa shape index (κ1) is 17.8. The first-order chi connectivity index (χ1) is 12.1. The molecule has 0 aliphatic carbocycles. The second-order valence-corrected chi connectivity index (χ2v) is 7.29. The van der Waals surface area contributed by atoms with Crippen LogP contribution < -0.4 is 5.32 Å². The number of hydrogen-bond donors (Lipinski definition) is 1. The molecule has 3 amide bonds. The molecule has 0 radical (unpaired) electrons. The molecule has 7 heteroatoms. The van der Waals surface area contributed by atoms with Crippen LogP contribution >= 0.6 is 11.8 Å². The van der Waals surface area contributed by atoms with Crippen LogP contribution in [0.5, 0.6) is 0 Å². The third-order valence-electron chi connectivity index (χ3n) is 4.54. The van der Waals surface area contributed by atoms with E-state index in [4.69, 9.17) is 4.99 Å². The number of imide groups is 1. The standard InChI is InChI=1S/C18H24N4O2S/c1-3-4-8-11-22-14-15(21(2)17(24)20-16(14)23)19-18(22)25-12-13-9-6-5-7-10-13/h5-7,9-10,14-15H,3-4,8,11-12H2,1-2H3,(H,20,23,24). The van der Waals surface area contributed by atoms with Crippen LogP contribution in [-0.4, -0.2) is 52.7 Å². The molecular formula is C18H24N4O2S. The minimum Gasteiger partial charge on any atom is -0.336 e. The number of amidine groups is 1. The largest absolute Gasteiger partial charge is 0.336 e. The number of amides is 3. The van der Waals surface area contributed by atoms with Gasteiger partial charge in [0.1, 0.15) is 0 Å². The fourth-order valence-corrected chi connectivity index (χ4v) is 4.15. The van der Waals surface area contributed by atoms with E-state index in [0.29, 0.717) is 0 Å². The minimum absolute atomic E-state index is 0.247. The molecule has 2 atom stereocenters. The van der Waals surface area contributed by atoms with E-state index in [2.05, 4.69) is 29.3 Å². The van der Waals surface area contributed by atoms with E-state index in [1.807, 2.05) is 18.2 Å². The van der Waals surface area contributed by atoms with Gasteiger partial charge in [0.05, 0.1) is 0 Å². The van der Waals surface area contributed by atoms with Crippen LogP contribution in [0.2, 0.25) is 0 Å². The molecule has 1 fully saturated rings. The second-order valence-electron chi connectivity index (χ2n) is 6.35. The highest BCUT2D eigenvalue weighted by molar-refractivity contribution is 8.13. The van der Waals surface area contributed by atoms with Crippen LogP contribution in [0.15, 0.2) is 35.3 Å². The fraction of sp³-hybridized carbons (Fsp3) is 0.500. The zero-order valence-corrected chi connectivity index (χ0v) is 15.5. The number of nitrogens with one attached hydrogen (secondary N) is 1. The van der Waals surface area contributed by atoms with Gasteiger partial charge in [-0.15, -0.1) is 0 Å². The van der Waals surface area contributed by atoms with Crippen LogP contribution in [0.4, 0.5) is 4.79 Å². The lowest BCUT2D eigenvalue weighted by molar-refractivity contribution is -0.127. The maximum absolute atomic E-state index is 12.4. The molecule has 0 aromatic heterocycles. The lowest BCUT2D eigenvalue weighted by atomic mass is 10.1. The van der Waals surface area contributed by atoms with Crippen molar-refractivity contribution in [2.24, 2.45) is 4.99 Å². The monoisotopic (exact) mass is 360 g/mol. The maximum Gasteiger partial charge on any atom is 0.325 e. The summed E-state index contributed by atoms with van der Waals surface area (Å²) in [5.41, 5.74) is 1.22. The molecule has 3 rings (SSSR count). The molecule has 6 nitrogen and oxygen atoms in total. The summed E-state index contributed by atoms with van der Waals surface area (Å²) in [6.07, 6.45) is 2.81. The molecule has 1 N–H and O–H groups in total. The highest BCUT2D eigenvalue weighted by atomic mass is 32.2. The van der Waals surface area contributed by atoms with Gasteiger partial charge in [-0.05, 0) is 12.0 Å². The summed E-state index contributed by atoms with van der Waals surface area (Å²) in [7, 11) is 1.69. The molecule has 0 bridgehead atoms. The number of likely N-dealkylation sites (N-methyl/N-ethyl adjacent to an activating group) is 1. The van der Waals surface area contributed by atoms with Gasteiger partial charge in [-0.3, -0.25) is 10.1 Å². The first-order valence-electron chi connectivity index (χ1n) is 8.70. The lowest BCUT2D eigenvalue weighted by Crippen LogP contribution is -2.63. The van der Waals surface area contributed by atoms with Crippen molar-refractivity contribution in [2.45, 2.75) is 44.1 Å². The number of nitrogens with zero attached hydrogens (tertiary/aromatic N) is 3. The third kappa shape index (κ3) is 3.81. The van der Waals surface area contributed by atoms with Crippen molar-refractivity contribution in [2.75, 3.05) is 13.6 Å². The summed E-state index contributed by atoms with van der Waals surface area (Å²) in [6.45, 7) is 2.94. The Morgan fingerprint density at radius 3 is 2.68 bits per heavy atom. The van der Waals surface area contributed by atoms with Gasteiger partial charge in [-0.1, -0.05) is 61.9 Å². The first-order valence-corrected chi connectivity index (χ1v) is 9.69. The van der Waals surface area contributed by atoms with Crippen molar-refractivity contribution in [3.63, 3.8) is 0 Å². The summed E-state index contributed by atoms with van der Waals surface area (Å²) in [5, 5.41) is 3.29. The predicted octanol–water partition coefficient (Wildman–Crippen LogP) is 2.66. The van der Waals surface area contributed by atoms with Crippen molar-refractivity contribution in [1.29, 1.82) is 0 Å². The van der Waals surface area contributed by atoms with Gasteiger partial charge in [0, 0.05) is 19.3 Å². The number of hydrogen-bond acceptors (Lipinski definition) is 5. The van der Waals surface area contributed by atoms with E-state index in [0.717, 1.165) is 36.7 Å². The van der Waals surface area contributed by atoms with Crippen molar-refractivity contribution >= 4 is 28.9 Å². The molecule has 134 valence electrons. The van der Waals surface area contributed by atoms with E-state index >= 15 is 0 Å². The number of fused-ring (bicyclic) bond motifs is 1. The zero-order chi connectivity index (χ0) is 17.8. The third-order valence-corrected chi connectivity index (χ3v) is 5.61. The number of aliphatic imine (C=N–C) groups is 1. The molecule has 2 aliphatic rings. The lowest BCUT2D eigenvalue weighted by Gasteiger charge is -2.36. The molecule has 1 saturated heterocycles. The summed E-state index contributed by atoms with van der Waals surface area (Å²) in [6, 6.07) is 9.41. The molecule has 0 saturated carbocycles. The second kappa shape index (κ2) is 7.91. The predicted molar refractivity (Wildman–Crippen MR) is 100 cm³/mol. The van der Waals surface area contributed by atoms with Crippen molar-refractivity contribution in [3.05, 3.63) is 35.9 Å². The van der Waals surface area contributed by atoms with E-state index < -0.39 is 12.2 Å². The number of benzene rings is 1. The fourth-order valence-electron chi connectivity index (χ4n) is 3.11. The van der Waals surface area contributed by atoms with Gasteiger partial charge in [-0.2, -0.15) is 0 Å². The van der Waals surface area contributed by atoms with E-state index in [-0.39, 0.29) is 11.9 Å². The number of urea groups is 1. The Bertz CT molecular complexity index is 664. The quantitative estimate of drug-likeness (QED) is 0.792. The molecule has 2 unspecified atom stereocenters. The van der Waals surface area contributed by atoms with Crippen molar-refractivity contribution in [1.82, 2.24) is 15.1 Å². The van der Waals surface area contributed by atoms with Gasteiger partial charge in [0.25, 0.3) is 5.91 Å². The van der Waals surface area contributed by atoms with Crippen molar-refractivity contribution < 1.29 is 9.59 Å². The van der Waals surface area contributed by atoms with E-state index in [1.54, 1.807) is 18.8 Å². The number of unbranched alkanes of at least 4 members (excludes halogenated alkanes) is 2. The average Bonchev–Trinajstić information content (AvgIpc) is 2.98. The summed E-state index contributed by atoms with van der Waals surface area (Å²) in [5.74, 6) is 0.548. The maximum atomic E-state index is 12.4. The Morgan fingerprint density at radius 2 is 1.96 bits per heavy atom. The van der Waals surface area contributed by atoms with Crippen LogP contribution in [-0.2, 0) is 10.5 Å². The molecule has 2 aliphatic heterocycles. The number of carbonyl (C=O) groups is 2. The number of carbonyl (C=O) groups excluding carboxylic acids is 2. The zero-order valence-electron chi connectivity index (χ0n) is 14.6. The van der Waals surface area contributed by atoms with E-state index in [9.17, 15) is 9.59 Å². The van der Waals surface area contributed by atoms with Crippen LogP contribution in [0.3, 0.4) is 0 Å². The molecule has 25 heavy (non-hydrogen) atoms. The number of thioether (sulfide) groups is 1. The minimum atomic E-state index is -0.429. The normalized spacial score (nSPS) is 22.7. The van der Waals surface area contributed by atoms with Gasteiger partial charge in [0.2, 0.25) is 0 Å². The van der Waals surface area contributed by atoms with Crippen LogP contribution in [0, 0.1) is 0 Å². The van der Waals surface area contributed by atoms with Crippen LogP contribution in [0.25, 0.3) is 0 Å². The number of rotatable bonds is 6. The highest BCUT2D eigenvalue weighted by Crippen LogP contribution is 2.30. The van der Waals surface area contributed by atoms with E-state index in [1.165, 1.54) is 10.5 Å². The SMILES string of the molecule is CCCCCN1C(SCc2ccccc2)=NC2C1C(=O)NC(=O)N2C. The Hall–Kier alpha value is -2.02. The molecule has 0 spiro atoms. The van der Waals surface area contributed by atoms with Gasteiger partial charge in [-0.25, -0.2) is 9.79 Å². The van der Waals surface area contributed by atoms with Gasteiger partial charge in [0.15, 0.2) is 17.4 Å². The Labute approximate surface area is 152 Å².